The molecule has 0 fully saturated rings. The maximum atomic E-state index is 12.5. The molecule has 0 saturated heterocycles. The van der Waals surface area contributed by atoms with Crippen molar-refractivity contribution in [3.05, 3.63) is 56.8 Å². The van der Waals surface area contributed by atoms with Crippen LogP contribution in [0.1, 0.15) is 9.67 Å². The standard InChI is InChI=1S/C17H12BrClN2O2S2/c1-23-9-6-7-10-13(8-9)25-15(14(10)19)16(22)21-17(24)20-12-5-3-2-4-11(12)18/h2-8H,1H3,(H2,20,21,22,24). The fourth-order valence-electron chi connectivity index (χ4n) is 2.19. The molecule has 0 atom stereocenters. The fraction of sp³-hybridized carbons (Fsp3) is 0.0588. The predicted octanol–water partition coefficient (Wildman–Crippen LogP) is 5.45. The van der Waals surface area contributed by atoms with E-state index >= 15 is 0 Å². The van der Waals surface area contributed by atoms with Crippen molar-refractivity contribution in [1.29, 1.82) is 0 Å². The lowest BCUT2D eigenvalue weighted by atomic mass is 10.2. The number of hydrogen-bond donors (Lipinski definition) is 2. The molecule has 2 aromatic carbocycles. The van der Waals surface area contributed by atoms with E-state index in [0.29, 0.717) is 15.6 Å². The Balaban J connectivity index is 1.79. The van der Waals surface area contributed by atoms with Gasteiger partial charge < -0.3 is 10.1 Å². The number of rotatable bonds is 3. The summed E-state index contributed by atoms with van der Waals surface area (Å²) in [5.74, 6) is 0.359. The minimum absolute atomic E-state index is 0.197. The smallest absolute Gasteiger partial charge is 0.269 e. The quantitative estimate of drug-likeness (QED) is 0.515. The summed E-state index contributed by atoms with van der Waals surface area (Å²) < 4.78 is 6.92. The second kappa shape index (κ2) is 7.70. The van der Waals surface area contributed by atoms with E-state index in [2.05, 4.69) is 26.6 Å². The molecule has 0 bridgehead atoms. The highest BCUT2D eigenvalue weighted by Gasteiger charge is 2.18. The van der Waals surface area contributed by atoms with Gasteiger partial charge in [0.05, 0.1) is 17.8 Å². The van der Waals surface area contributed by atoms with Gasteiger partial charge in [0, 0.05) is 14.6 Å². The molecule has 0 spiro atoms. The highest BCUT2D eigenvalue weighted by atomic mass is 79.9. The molecule has 8 heteroatoms. The van der Waals surface area contributed by atoms with Gasteiger partial charge in [-0.25, -0.2) is 0 Å². The van der Waals surface area contributed by atoms with E-state index in [1.807, 2.05) is 42.5 Å². The number of ether oxygens (including phenoxy) is 1. The topological polar surface area (TPSA) is 50.4 Å². The molecule has 0 aliphatic carbocycles. The molecule has 1 heterocycles. The molecule has 4 nitrogen and oxygen atoms in total. The number of amides is 1. The lowest BCUT2D eigenvalue weighted by molar-refractivity contribution is 0.0982. The lowest BCUT2D eigenvalue weighted by Crippen LogP contribution is -2.33. The Morgan fingerprint density at radius 3 is 2.76 bits per heavy atom. The van der Waals surface area contributed by atoms with Crippen LogP contribution >= 0.6 is 51.1 Å². The number of methoxy groups -OCH3 is 1. The fourth-order valence-corrected chi connectivity index (χ4v) is 4.22. The number of thiophene rings is 1. The molecular formula is C17H12BrClN2O2S2. The third kappa shape index (κ3) is 3.95. The van der Waals surface area contributed by atoms with Gasteiger partial charge in [0.2, 0.25) is 0 Å². The lowest BCUT2D eigenvalue weighted by Gasteiger charge is -2.10. The average Bonchev–Trinajstić information content (AvgIpc) is 2.93. The van der Waals surface area contributed by atoms with Crippen LogP contribution in [0, 0.1) is 0 Å². The van der Waals surface area contributed by atoms with Gasteiger partial charge in [-0.15, -0.1) is 11.3 Å². The maximum absolute atomic E-state index is 12.5. The Morgan fingerprint density at radius 2 is 2.04 bits per heavy atom. The molecule has 0 saturated carbocycles. The number of carbonyl (C=O) groups excluding carboxylic acids is 1. The van der Waals surface area contributed by atoms with Crippen LogP contribution in [-0.4, -0.2) is 18.1 Å². The Labute approximate surface area is 167 Å². The van der Waals surface area contributed by atoms with Crippen LogP contribution in [0.2, 0.25) is 5.02 Å². The summed E-state index contributed by atoms with van der Waals surface area (Å²) in [6.07, 6.45) is 0. The first-order chi connectivity index (χ1) is 12.0. The van der Waals surface area contributed by atoms with E-state index in [-0.39, 0.29) is 11.0 Å². The number of para-hydroxylation sites is 1. The molecule has 3 rings (SSSR count). The van der Waals surface area contributed by atoms with Crippen LogP contribution in [0.15, 0.2) is 46.9 Å². The summed E-state index contributed by atoms with van der Waals surface area (Å²) in [7, 11) is 1.59. The number of fused-ring (bicyclic) bond motifs is 1. The molecule has 0 aliphatic rings. The molecule has 0 unspecified atom stereocenters. The molecular weight excluding hydrogens is 444 g/mol. The van der Waals surface area contributed by atoms with Crippen molar-refractivity contribution >= 4 is 77.9 Å². The van der Waals surface area contributed by atoms with Gasteiger partial charge in [0.1, 0.15) is 10.6 Å². The van der Waals surface area contributed by atoms with Crippen LogP contribution in [-0.2, 0) is 0 Å². The first-order valence-electron chi connectivity index (χ1n) is 7.12. The summed E-state index contributed by atoms with van der Waals surface area (Å²) in [6, 6.07) is 13.0. The molecule has 0 aliphatic heterocycles. The second-order valence-corrected chi connectivity index (χ2v) is 7.69. The van der Waals surface area contributed by atoms with Crippen molar-refractivity contribution < 1.29 is 9.53 Å². The van der Waals surface area contributed by atoms with E-state index in [4.69, 9.17) is 28.6 Å². The van der Waals surface area contributed by atoms with Gasteiger partial charge >= 0.3 is 0 Å². The number of hydrogen-bond acceptors (Lipinski definition) is 4. The number of thiocarbonyl (C=S) groups is 1. The molecule has 128 valence electrons. The number of halogens is 2. The third-order valence-corrected chi connectivity index (χ3v) is 5.94. The van der Waals surface area contributed by atoms with Crippen molar-refractivity contribution in [2.75, 3.05) is 12.4 Å². The van der Waals surface area contributed by atoms with Crippen molar-refractivity contribution in [3.63, 3.8) is 0 Å². The van der Waals surface area contributed by atoms with Crippen LogP contribution in [0.5, 0.6) is 5.75 Å². The van der Waals surface area contributed by atoms with Crippen molar-refractivity contribution in [1.82, 2.24) is 5.32 Å². The van der Waals surface area contributed by atoms with Gasteiger partial charge in [-0.3, -0.25) is 10.1 Å². The predicted molar refractivity (Wildman–Crippen MR) is 111 cm³/mol. The SMILES string of the molecule is COc1ccc2c(Cl)c(C(=O)NC(=S)Nc3ccccc3Br)sc2c1. The monoisotopic (exact) mass is 454 g/mol. The molecule has 2 N–H and O–H groups in total. The Bertz CT molecular complexity index is 974. The van der Waals surface area contributed by atoms with Crippen LogP contribution < -0.4 is 15.4 Å². The Hall–Kier alpha value is -1.67. The highest BCUT2D eigenvalue weighted by molar-refractivity contribution is 9.10. The molecule has 1 amide bonds. The van der Waals surface area contributed by atoms with Crippen molar-refractivity contribution in [2.45, 2.75) is 0 Å². The molecule has 25 heavy (non-hydrogen) atoms. The zero-order valence-electron chi connectivity index (χ0n) is 12.9. The highest BCUT2D eigenvalue weighted by Crippen LogP contribution is 2.37. The van der Waals surface area contributed by atoms with E-state index in [9.17, 15) is 4.79 Å². The number of anilines is 1. The van der Waals surface area contributed by atoms with E-state index in [1.54, 1.807) is 7.11 Å². The van der Waals surface area contributed by atoms with Gasteiger partial charge in [-0.2, -0.15) is 0 Å². The first kappa shape index (κ1) is 18.1. The van der Waals surface area contributed by atoms with Gasteiger partial charge in [-0.1, -0.05) is 23.7 Å². The van der Waals surface area contributed by atoms with Crippen LogP contribution in [0.25, 0.3) is 10.1 Å². The number of benzene rings is 2. The normalized spacial score (nSPS) is 10.5. The minimum Gasteiger partial charge on any atom is -0.497 e. The minimum atomic E-state index is -0.352. The van der Waals surface area contributed by atoms with Crippen LogP contribution in [0.3, 0.4) is 0 Å². The Kier molecular flexibility index (Phi) is 5.58. The second-order valence-electron chi connectivity index (χ2n) is 5.00. The third-order valence-electron chi connectivity index (χ3n) is 3.39. The van der Waals surface area contributed by atoms with Crippen molar-refractivity contribution in [3.8, 4) is 5.75 Å². The summed E-state index contributed by atoms with van der Waals surface area (Å²) in [6.45, 7) is 0. The van der Waals surface area contributed by atoms with E-state index in [0.717, 1.165) is 20.2 Å². The maximum Gasteiger partial charge on any atom is 0.269 e. The summed E-state index contributed by atoms with van der Waals surface area (Å²) in [4.78, 5) is 12.9. The number of nitrogens with one attached hydrogen (secondary N) is 2. The van der Waals surface area contributed by atoms with Gasteiger partial charge in [0.15, 0.2) is 5.11 Å². The van der Waals surface area contributed by atoms with E-state index in [1.165, 1.54) is 11.3 Å². The van der Waals surface area contributed by atoms with E-state index < -0.39 is 0 Å². The number of carbonyl (C=O) groups is 1. The molecule has 0 radical (unpaired) electrons. The first-order valence-corrected chi connectivity index (χ1v) is 9.52. The molecule has 1 aromatic heterocycles. The van der Waals surface area contributed by atoms with Crippen molar-refractivity contribution in [2.24, 2.45) is 0 Å². The summed E-state index contributed by atoms with van der Waals surface area (Å²) >= 11 is 16.3. The van der Waals surface area contributed by atoms with Gasteiger partial charge in [0.25, 0.3) is 5.91 Å². The zero-order valence-corrected chi connectivity index (χ0v) is 16.9. The summed E-state index contributed by atoms with van der Waals surface area (Å²) in [5, 5.41) is 7.05. The average molecular weight is 456 g/mol. The summed E-state index contributed by atoms with van der Waals surface area (Å²) in [5.41, 5.74) is 0.764. The Morgan fingerprint density at radius 1 is 1.28 bits per heavy atom. The van der Waals surface area contributed by atoms with Crippen LogP contribution in [0.4, 0.5) is 5.69 Å². The zero-order chi connectivity index (χ0) is 18.0. The molecule has 3 aromatic rings. The largest absolute Gasteiger partial charge is 0.497 e. The van der Waals surface area contributed by atoms with Gasteiger partial charge in [-0.05, 0) is 58.5 Å².